The van der Waals surface area contributed by atoms with E-state index in [1.54, 1.807) is 11.3 Å². The van der Waals surface area contributed by atoms with Crippen LogP contribution in [0.4, 0.5) is 0 Å². The van der Waals surface area contributed by atoms with Gasteiger partial charge in [-0.2, -0.15) is 0 Å². The fraction of sp³-hybridized carbons (Fsp3) is 0.500. The number of ether oxygens (including phenoxy) is 1. The summed E-state index contributed by atoms with van der Waals surface area (Å²) in [4.78, 5) is 4.73. The Hall–Kier alpha value is -1.39. The van der Waals surface area contributed by atoms with Crippen molar-refractivity contribution in [2.75, 3.05) is 13.2 Å². The molecule has 0 unspecified atom stereocenters. The number of nitrogens with one attached hydrogen (secondary N) is 1. The smallest absolute Gasteiger partial charge is 0.119 e. The van der Waals surface area contributed by atoms with Gasteiger partial charge in [-0.25, -0.2) is 4.98 Å². The number of hydrogen-bond donors (Lipinski definition) is 1. The van der Waals surface area contributed by atoms with Crippen LogP contribution in [0.15, 0.2) is 29.6 Å². The predicted molar refractivity (Wildman–Crippen MR) is 91.7 cm³/mol. The van der Waals surface area contributed by atoms with Gasteiger partial charge in [-0.15, -0.1) is 11.3 Å². The molecular formula is C18H24N2OS. The summed E-state index contributed by atoms with van der Waals surface area (Å²) in [7, 11) is 0. The first-order valence-electron chi connectivity index (χ1n) is 8.05. The van der Waals surface area contributed by atoms with Crippen molar-refractivity contribution >= 4 is 11.3 Å². The van der Waals surface area contributed by atoms with Gasteiger partial charge in [0.05, 0.1) is 5.54 Å². The first-order valence-corrected chi connectivity index (χ1v) is 8.93. The normalized spacial score (nSPS) is 16.8. The van der Waals surface area contributed by atoms with Crippen LogP contribution in [-0.2, 0) is 5.54 Å². The lowest BCUT2D eigenvalue weighted by Gasteiger charge is -2.28. The van der Waals surface area contributed by atoms with Crippen molar-refractivity contribution in [1.82, 2.24) is 10.3 Å². The summed E-state index contributed by atoms with van der Waals surface area (Å²) in [5.41, 5.74) is 2.44. The summed E-state index contributed by atoms with van der Waals surface area (Å²) in [5, 5.41) is 7.13. The van der Waals surface area contributed by atoms with E-state index in [2.05, 4.69) is 36.7 Å². The molecule has 0 radical (unpaired) electrons. The predicted octanol–water partition coefficient (Wildman–Crippen LogP) is 4.20. The van der Waals surface area contributed by atoms with Gasteiger partial charge in [0, 0.05) is 17.6 Å². The maximum atomic E-state index is 5.85. The molecule has 0 atom stereocenters. The molecule has 0 aliphatic heterocycles. The van der Waals surface area contributed by atoms with E-state index in [0.717, 1.165) is 18.0 Å². The molecule has 0 spiro atoms. The second kappa shape index (κ2) is 6.80. The number of benzene rings is 1. The Bertz CT molecular complexity index is 617. The van der Waals surface area contributed by atoms with Crippen LogP contribution in [0.2, 0.25) is 0 Å². The lowest BCUT2D eigenvalue weighted by molar-refractivity contribution is 0.267. The van der Waals surface area contributed by atoms with Crippen LogP contribution < -0.4 is 10.1 Å². The molecule has 1 aliphatic carbocycles. The van der Waals surface area contributed by atoms with E-state index in [4.69, 9.17) is 9.72 Å². The highest BCUT2D eigenvalue weighted by Crippen LogP contribution is 2.39. The molecule has 0 bridgehead atoms. The van der Waals surface area contributed by atoms with Crippen molar-refractivity contribution in [3.8, 4) is 5.75 Å². The second-order valence-electron chi connectivity index (χ2n) is 6.17. The van der Waals surface area contributed by atoms with E-state index in [0.29, 0.717) is 6.61 Å². The van der Waals surface area contributed by atoms with Gasteiger partial charge in [0.1, 0.15) is 17.4 Å². The topological polar surface area (TPSA) is 34.1 Å². The quantitative estimate of drug-likeness (QED) is 0.811. The summed E-state index contributed by atoms with van der Waals surface area (Å²) in [6.45, 7) is 5.70. The Morgan fingerprint density at radius 2 is 2.09 bits per heavy atom. The Balaban J connectivity index is 1.56. The van der Waals surface area contributed by atoms with E-state index >= 15 is 0 Å². The highest BCUT2D eigenvalue weighted by molar-refractivity contribution is 7.09. The molecule has 3 nitrogen and oxygen atoms in total. The van der Waals surface area contributed by atoms with Gasteiger partial charge in [0.15, 0.2) is 0 Å². The minimum atomic E-state index is 0.0783. The third-order valence-electron chi connectivity index (χ3n) is 4.31. The molecular weight excluding hydrogens is 292 g/mol. The molecule has 1 aliphatic rings. The summed E-state index contributed by atoms with van der Waals surface area (Å²) < 4.78 is 5.85. The molecule has 1 heterocycles. The van der Waals surface area contributed by atoms with E-state index < -0.39 is 0 Å². The lowest BCUT2D eigenvalue weighted by atomic mass is 9.98. The molecule has 0 saturated heterocycles. The minimum absolute atomic E-state index is 0.0783. The summed E-state index contributed by atoms with van der Waals surface area (Å²) in [6, 6.07) is 8.22. The van der Waals surface area contributed by atoms with Crippen molar-refractivity contribution in [2.24, 2.45) is 0 Å². The average Bonchev–Trinajstić information content (AvgIpc) is 3.14. The SMILES string of the molecule is Cc1cccc(OCCNC2(c3nc(C)cs3)CCCC2)c1. The molecule has 1 saturated carbocycles. The van der Waals surface area contributed by atoms with E-state index in [-0.39, 0.29) is 5.54 Å². The van der Waals surface area contributed by atoms with Crippen LogP contribution in [0.5, 0.6) is 5.75 Å². The Kier molecular flexibility index (Phi) is 4.79. The molecule has 0 amide bonds. The van der Waals surface area contributed by atoms with Gasteiger partial charge in [0.2, 0.25) is 0 Å². The maximum Gasteiger partial charge on any atom is 0.119 e. The molecule has 4 heteroatoms. The number of aryl methyl sites for hydroxylation is 2. The van der Waals surface area contributed by atoms with Gasteiger partial charge in [0.25, 0.3) is 0 Å². The third-order valence-corrected chi connectivity index (χ3v) is 5.47. The fourth-order valence-electron chi connectivity index (χ4n) is 3.18. The van der Waals surface area contributed by atoms with Gasteiger partial charge in [-0.05, 0) is 44.4 Å². The second-order valence-corrected chi connectivity index (χ2v) is 7.03. The van der Waals surface area contributed by atoms with Crippen LogP contribution >= 0.6 is 11.3 Å². The summed E-state index contributed by atoms with van der Waals surface area (Å²) in [6.07, 6.45) is 4.93. The fourth-order valence-corrected chi connectivity index (χ4v) is 4.22. The lowest BCUT2D eigenvalue weighted by Crippen LogP contribution is -2.42. The van der Waals surface area contributed by atoms with Crippen LogP contribution in [0, 0.1) is 13.8 Å². The Labute approximate surface area is 136 Å². The standard InChI is InChI=1S/C18H24N2OS/c1-14-6-5-7-16(12-14)21-11-10-19-18(8-3-4-9-18)17-20-15(2)13-22-17/h5-7,12-13,19H,3-4,8-11H2,1-2H3. The molecule has 2 aromatic rings. The number of thiazole rings is 1. The Morgan fingerprint density at radius 3 is 2.77 bits per heavy atom. The zero-order valence-electron chi connectivity index (χ0n) is 13.4. The van der Waals surface area contributed by atoms with Gasteiger partial charge in [-0.1, -0.05) is 25.0 Å². The zero-order chi connectivity index (χ0) is 15.4. The van der Waals surface area contributed by atoms with Crippen LogP contribution in [-0.4, -0.2) is 18.1 Å². The molecule has 22 heavy (non-hydrogen) atoms. The van der Waals surface area contributed by atoms with Gasteiger partial charge >= 0.3 is 0 Å². The maximum absolute atomic E-state index is 5.85. The highest BCUT2D eigenvalue weighted by atomic mass is 32.1. The van der Waals surface area contributed by atoms with E-state index in [1.807, 2.05) is 12.1 Å². The van der Waals surface area contributed by atoms with Crippen molar-refractivity contribution in [3.05, 3.63) is 45.9 Å². The average molecular weight is 316 g/mol. The molecule has 1 aromatic heterocycles. The van der Waals surface area contributed by atoms with E-state index in [9.17, 15) is 0 Å². The molecule has 1 fully saturated rings. The zero-order valence-corrected chi connectivity index (χ0v) is 14.2. The van der Waals surface area contributed by atoms with E-state index in [1.165, 1.54) is 36.3 Å². The largest absolute Gasteiger partial charge is 0.492 e. The number of rotatable bonds is 6. The first-order chi connectivity index (χ1) is 10.7. The Morgan fingerprint density at radius 1 is 1.27 bits per heavy atom. The summed E-state index contributed by atoms with van der Waals surface area (Å²) in [5.74, 6) is 0.951. The number of nitrogens with zero attached hydrogens (tertiary/aromatic N) is 1. The first kappa shape index (κ1) is 15.5. The van der Waals surface area contributed by atoms with Crippen molar-refractivity contribution in [2.45, 2.75) is 45.1 Å². The molecule has 3 rings (SSSR count). The highest BCUT2D eigenvalue weighted by Gasteiger charge is 2.37. The van der Waals surface area contributed by atoms with Crippen LogP contribution in [0.1, 0.15) is 41.9 Å². The van der Waals surface area contributed by atoms with Gasteiger partial charge < -0.3 is 10.1 Å². The van der Waals surface area contributed by atoms with Gasteiger partial charge in [-0.3, -0.25) is 0 Å². The monoisotopic (exact) mass is 316 g/mol. The van der Waals surface area contributed by atoms with Crippen LogP contribution in [0.25, 0.3) is 0 Å². The summed E-state index contributed by atoms with van der Waals surface area (Å²) >= 11 is 1.79. The molecule has 118 valence electrons. The van der Waals surface area contributed by atoms with Crippen molar-refractivity contribution in [1.29, 1.82) is 0 Å². The number of aromatic nitrogens is 1. The molecule has 1 N–H and O–H groups in total. The van der Waals surface area contributed by atoms with Crippen molar-refractivity contribution in [3.63, 3.8) is 0 Å². The number of hydrogen-bond acceptors (Lipinski definition) is 4. The minimum Gasteiger partial charge on any atom is -0.492 e. The van der Waals surface area contributed by atoms with Crippen molar-refractivity contribution < 1.29 is 4.74 Å². The molecule has 1 aromatic carbocycles. The third kappa shape index (κ3) is 3.50. The van der Waals surface area contributed by atoms with Crippen LogP contribution in [0.3, 0.4) is 0 Å².